The Morgan fingerprint density at radius 2 is 1.75 bits per heavy atom. The molecular formula is C17H24NO5P. The van der Waals surface area contributed by atoms with Gasteiger partial charge in [0.05, 0.1) is 21.8 Å². The predicted molar refractivity (Wildman–Crippen MR) is 93.1 cm³/mol. The molecule has 24 heavy (non-hydrogen) atoms. The molecule has 3 atom stereocenters. The molecule has 1 aromatic carbocycles. The van der Waals surface area contributed by atoms with Crippen LogP contribution in [0.25, 0.3) is 0 Å². The number of rotatable bonds is 6. The normalized spacial score (nSPS) is 13.5. The summed E-state index contributed by atoms with van der Waals surface area (Å²) in [6, 6.07) is 8.06. The maximum absolute atomic E-state index is 12.4. The third kappa shape index (κ3) is 6.67. The number of hydrogen-bond donors (Lipinski definition) is 1. The maximum atomic E-state index is 12.4. The molecule has 1 N–H and O–H groups in total. The number of carbonyl (C=O) groups excluding carboxylic acids is 3. The third-order valence-electron chi connectivity index (χ3n) is 3.20. The Hall–Kier alpha value is -1.94. The average molecular weight is 353 g/mol. The van der Waals surface area contributed by atoms with Crippen LogP contribution in [0, 0.1) is 0 Å². The average Bonchev–Trinajstić information content (AvgIpc) is 2.52. The molecule has 0 spiro atoms. The summed E-state index contributed by atoms with van der Waals surface area (Å²) in [5.74, 6) is -2.15. The molecule has 0 bridgehead atoms. The van der Waals surface area contributed by atoms with Crippen LogP contribution >= 0.6 is 9.47 Å². The van der Waals surface area contributed by atoms with Gasteiger partial charge >= 0.3 is 11.9 Å². The highest BCUT2D eigenvalue weighted by Crippen LogP contribution is 2.16. The number of amides is 1. The van der Waals surface area contributed by atoms with E-state index in [1.807, 2.05) is 39.8 Å². The smallest absolute Gasteiger partial charge is 0.329 e. The monoisotopic (exact) mass is 353 g/mol. The summed E-state index contributed by atoms with van der Waals surface area (Å²) in [6.07, 6.45) is -0.300. The summed E-state index contributed by atoms with van der Waals surface area (Å²) in [5, 5.41) is 2.58. The van der Waals surface area contributed by atoms with Crippen LogP contribution in [-0.2, 0) is 23.6 Å². The van der Waals surface area contributed by atoms with Crippen LogP contribution in [0.3, 0.4) is 0 Å². The van der Waals surface area contributed by atoms with Crippen molar-refractivity contribution in [3.05, 3.63) is 35.9 Å². The van der Waals surface area contributed by atoms with Crippen molar-refractivity contribution in [1.82, 2.24) is 5.32 Å². The fourth-order valence-corrected chi connectivity index (χ4v) is 2.07. The van der Waals surface area contributed by atoms with Gasteiger partial charge in [0.15, 0.2) is 0 Å². The zero-order valence-electron chi connectivity index (χ0n) is 14.4. The van der Waals surface area contributed by atoms with Crippen LogP contribution in [0.15, 0.2) is 30.3 Å². The van der Waals surface area contributed by atoms with Crippen LogP contribution < -0.4 is 5.32 Å². The first-order valence-electron chi connectivity index (χ1n) is 7.61. The van der Waals surface area contributed by atoms with Crippen molar-refractivity contribution < 1.29 is 23.6 Å². The Labute approximate surface area is 144 Å². The standard InChI is InChI=1S/C17H24NO5P/c1-11(12-8-6-5-7-9-12)15(20)18-13(10-14(19)23-24)16(21)22-17(2,3)4/h5-9,11,13H,10,24H2,1-4H3,(H,18,20)/t11-,13-/m0/s1. The molecular weight excluding hydrogens is 329 g/mol. The molecule has 0 aliphatic rings. The van der Waals surface area contributed by atoms with Crippen LogP contribution in [0.2, 0.25) is 0 Å². The Kier molecular flexibility index (Phi) is 7.36. The molecule has 0 aliphatic heterocycles. The largest absolute Gasteiger partial charge is 0.458 e. The number of nitrogens with one attached hydrogen (secondary N) is 1. The van der Waals surface area contributed by atoms with Gasteiger partial charge in [-0.05, 0) is 33.3 Å². The van der Waals surface area contributed by atoms with Crippen molar-refractivity contribution in [1.29, 1.82) is 0 Å². The molecule has 0 aromatic heterocycles. The molecule has 0 saturated carbocycles. The molecule has 1 amide bonds. The third-order valence-corrected chi connectivity index (χ3v) is 3.47. The topological polar surface area (TPSA) is 81.7 Å². The molecule has 0 saturated heterocycles. The van der Waals surface area contributed by atoms with Gasteiger partial charge in [0, 0.05) is 0 Å². The fourth-order valence-electron chi connectivity index (χ4n) is 1.97. The number of benzene rings is 1. The second kappa shape index (κ2) is 8.78. The van der Waals surface area contributed by atoms with Gasteiger partial charge in [0.25, 0.3) is 0 Å². The van der Waals surface area contributed by atoms with Crippen molar-refractivity contribution in [3.63, 3.8) is 0 Å². The Balaban J connectivity index is 2.85. The van der Waals surface area contributed by atoms with E-state index in [1.54, 1.807) is 27.7 Å². The van der Waals surface area contributed by atoms with Crippen molar-refractivity contribution in [2.45, 2.75) is 51.7 Å². The number of esters is 1. The molecule has 6 nitrogen and oxygen atoms in total. The van der Waals surface area contributed by atoms with Gasteiger partial charge < -0.3 is 14.6 Å². The summed E-state index contributed by atoms with van der Waals surface area (Å²) in [6.45, 7) is 6.87. The maximum Gasteiger partial charge on any atom is 0.329 e. The Bertz CT molecular complexity index is 582. The molecule has 1 rings (SSSR count). The fraction of sp³-hybridized carbons (Fsp3) is 0.471. The van der Waals surface area contributed by atoms with Crippen molar-refractivity contribution in [2.75, 3.05) is 0 Å². The highest BCUT2D eigenvalue weighted by molar-refractivity contribution is 7.10. The zero-order valence-corrected chi connectivity index (χ0v) is 15.5. The Morgan fingerprint density at radius 1 is 1.17 bits per heavy atom. The number of ether oxygens (including phenoxy) is 1. The summed E-state index contributed by atoms with van der Waals surface area (Å²) < 4.78 is 9.77. The lowest BCUT2D eigenvalue weighted by atomic mass is 10.00. The van der Waals surface area contributed by atoms with Gasteiger partial charge in [0.1, 0.15) is 11.6 Å². The minimum atomic E-state index is -1.10. The number of carbonyl (C=O) groups is 3. The van der Waals surface area contributed by atoms with E-state index in [9.17, 15) is 14.4 Å². The van der Waals surface area contributed by atoms with E-state index >= 15 is 0 Å². The molecule has 0 aliphatic carbocycles. The van der Waals surface area contributed by atoms with Crippen molar-refractivity contribution >= 4 is 27.3 Å². The molecule has 7 heteroatoms. The van der Waals surface area contributed by atoms with Crippen LogP contribution in [0.5, 0.6) is 0 Å². The first-order valence-corrected chi connectivity index (χ1v) is 8.09. The van der Waals surface area contributed by atoms with Gasteiger partial charge in [-0.25, -0.2) is 4.79 Å². The second-order valence-electron chi connectivity index (χ2n) is 6.42. The Morgan fingerprint density at radius 3 is 2.25 bits per heavy atom. The number of hydrogen-bond acceptors (Lipinski definition) is 5. The van der Waals surface area contributed by atoms with E-state index in [2.05, 4.69) is 9.84 Å². The van der Waals surface area contributed by atoms with Crippen LogP contribution in [-0.4, -0.2) is 29.5 Å². The van der Waals surface area contributed by atoms with Gasteiger partial charge in [-0.15, -0.1) is 0 Å². The van der Waals surface area contributed by atoms with Gasteiger partial charge in [-0.3, -0.25) is 9.59 Å². The molecule has 1 aromatic rings. The van der Waals surface area contributed by atoms with E-state index in [1.165, 1.54) is 0 Å². The second-order valence-corrected chi connectivity index (χ2v) is 6.66. The first-order chi connectivity index (χ1) is 11.1. The summed E-state index contributed by atoms with van der Waals surface area (Å²) >= 11 is 0. The highest BCUT2D eigenvalue weighted by Gasteiger charge is 2.30. The van der Waals surface area contributed by atoms with Gasteiger partial charge in [-0.2, -0.15) is 0 Å². The summed E-state index contributed by atoms with van der Waals surface area (Å²) in [4.78, 5) is 36.2. The summed E-state index contributed by atoms with van der Waals surface area (Å²) in [7, 11) is 1.82. The van der Waals surface area contributed by atoms with E-state index in [0.717, 1.165) is 5.56 Å². The lowest BCUT2D eigenvalue weighted by molar-refractivity contribution is -0.160. The van der Waals surface area contributed by atoms with Gasteiger partial charge in [0.2, 0.25) is 5.91 Å². The van der Waals surface area contributed by atoms with Gasteiger partial charge in [-0.1, -0.05) is 30.3 Å². The molecule has 0 heterocycles. The van der Waals surface area contributed by atoms with E-state index < -0.39 is 29.5 Å². The molecule has 0 fully saturated rings. The highest BCUT2D eigenvalue weighted by atomic mass is 31.0. The van der Waals surface area contributed by atoms with Crippen LogP contribution in [0.1, 0.15) is 45.6 Å². The lowest BCUT2D eigenvalue weighted by Gasteiger charge is -2.25. The lowest BCUT2D eigenvalue weighted by Crippen LogP contribution is -2.46. The predicted octanol–water partition coefficient (Wildman–Crippen LogP) is 2.34. The van der Waals surface area contributed by atoms with E-state index in [-0.39, 0.29) is 12.3 Å². The SMILES string of the molecule is C[C@H](C(=O)N[C@@H](CC(=O)OP)C(=O)OC(C)(C)C)c1ccccc1. The minimum absolute atomic E-state index is 0.300. The van der Waals surface area contributed by atoms with Crippen molar-refractivity contribution in [3.8, 4) is 0 Å². The molecule has 0 radical (unpaired) electrons. The molecule has 1 unspecified atom stereocenters. The minimum Gasteiger partial charge on any atom is -0.458 e. The quantitative estimate of drug-likeness (QED) is 0.627. The molecule has 132 valence electrons. The van der Waals surface area contributed by atoms with Crippen molar-refractivity contribution in [2.24, 2.45) is 0 Å². The first kappa shape index (κ1) is 20.1. The van der Waals surface area contributed by atoms with Crippen LogP contribution in [0.4, 0.5) is 0 Å². The summed E-state index contributed by atoms with van der Waals surface area (Å²) in [5.41, 5.74) is 0.0854. The zero-order chi connectivity index (χ0) is 18.3. The van der Waals surface area contributed by atoms with E-state index in [4.69, 9.17) is 4.74 Å². The van der Waals surface area contributed by atoms with E-state index in [0.29, 0.717) is 0 Å².